The van der Waals surface area contributed by atoms with Gasteiger partial charge < -0.3 is 0 Å². The molecule has 0 N–H and O–H groups in total. The molecule has 3 aliphatic carbocycles. The van der Waals surface area contributed by atoms with Crippen LogP contribution in [0.15, 0.2) is 60.7 Å². The van der Waals surface area contributed by atoms with Crippen molar-refractivity contribution in [3.05, 3.63) is 60.7 Å². The molecule has 0 amide bonds. The zero-order valence-electron chi connectivity index (χ0n) is 12.1. The minimum Gasteiger partial charge on any atom is -0.214 e. The largest absolute Gasteiger partial charge is 0.214 e. The summed E-state index contributed by atoms with van der Waals surface area (Å²) in [5.41, 5.74) is 0.777. The fraction of sp³-hybridized carbons (Fsp3) is 0.421. The summed E-state index contributed by atoms with van der Waals surface area (Å²) in [5.74, 6) is 3.29. The number of hydrogen-bond donors (Lipinski definition) is 0. The molecule has 0 nitrogen and oxygen atoms in total. The number of rotatable bonds is 0. The average Bonchev–Trinajstić information content (AvgIpc) is 3.07. The number of fused-ring (bicyclic) bond motifs is 5. The smallest absolute Gasteiger partial charge is 0.172 e. The van der Waals surface area contributed by atoms with Crippen molar-refractivity contribution in [2.45, 2.75) is 26.2 Å². The van der Waals surface area contributed by atoms with Gasteiger partial charge in [-0.3, -0.25) is 0 Å². The first kappa shape index (κ1) is 14.2. The van der Waals surface area contributed by atoms with Gasteiger partial charge in [0.1, 0.15) is 0 Å². The van der Waals surface area contributed by atoms with E-state index in [9.17, 15) is 0 Å². The van der Waals surface area contributed by atoms with Crippen molar-refractivity contribution in [2.24, 2.45) is 23.2 Å². The maximum absolute atomic E-state index is 2.51. The normalized spacial score (nSPS) is 35.5. The van der Waals surface area contributed by atoms with E-state index in [4.69, 9.17) is 0 Å². The van der Waals surface area contributed by atoms with Crippen molar-refractivity contribution in [3.63, 3.8) is 0 Å². The van der Waals surface area contributed by atoms with Crippen LogP contribution < -0.4 is 0 Å². The Bertz CT molecular complexity index is 461. The van der Waals surface area contributed by atoms with Gasteiger partial charge in [-0.05, 0) is 0 Å². The fourth-order valence-electron chi connectivity index (χ4n) is 4.17. The molecule has 102 valence electrons. The van der Waals surface area contributed by atoms with E-state index in [1.54, 1.807) is 6.42 Å². The van der Waals surface area contributed by atoms with Gasteiger partial charge in [0.2, 0.25) is 0 Å². The van der Waals surface area contributed by atoms with E-state index in [1.807, 2.05) is 64.5 Å². The van der Waals surface area contributed by atoms with Crippen LogP contribution >= 0.6 is 0 Å². The van der Waals surface area contributed by atoms with E-state index in [-0.39, 0.29) is 0 Å². The summed E-state index contributed by atoms with van der Waals surface area (Å²) in [6.07, 6.45) is 4.62. The summed E-state index contributed by atoms with van der Waals surface area (Å²) in [4.78, 5) is 0. The summed E-state index contributed by atoms with van der Waals surface area (Å²) < 4.78 is 1.84. The standard InChI is InChI=1S/C9H12.2C5H5.Ti/c1-9-3-2-6(5-9)7-4-8(7)9;2*1-2-4-5-3-1;/h6-8H,2-3,5H2,1H3;2*1-5H;/q;2*-1;+2. The van der Waals surface area contributed by atoms with Crippen LogP contribution in [0.2, 0.25) is 0 Å². The van der Waals surface area contributed by atoms with E-state index in [2.05, 4.69) is 26.9 Å². The summed E-state index contributed by atoms with van der Waals surface area (Å²) in [5, 5.41) is 0. The van der Waals surface area contributed by atoms with Crippen molar-refractivity contribution in [3.8, 4) is 0 Å². The van der Waals surface area contributed by atoms with Crippen molar-refractivity contribution in [1.82, 2.24) is 0 Å². The Balaban J connectivity index is 0.000000103. The molecular weight excluding hydrogens is 276 g/mol. The Morgan fingerprint density at radius 2 is 1.60 bits per heavy atom. The SMILES string of the molecule is CC12CCC(C1)C1[C](=[Ti+2])C12.c1cc[cH-]c1.c1cc[cH-]c1. The predicted molar refractivity (Wildman–Crippen MR) is 81.5 cm³/mol. The zero-order valence-corrected chi connectivity index (χ0v) is 13.7. The Kier molecular flexibility index (Phi) is 4.24. The topological polar surface area (TPSA) is 0 Å². The second-order valence-corrected chi connectivity index (χ2v) is 7.44. The summed E-state index contributed by atoms with van der Waals surface area (Å²) in [6, 6.07) is 20.0. The first-order valence-electron chi connectivity index (χ1n) is 7.64. The first-order chi connectivity index (χ1) is 9.72. The van der Waals surface area contributed by atoms with Gasteiger partial charge in [-0.25, -0.2) is 24.3 Å². The van der Waals surface area contributed by atoms with Gasteiger partial charge in [0, 0.05) is 0 Å². The molecule has 4 atom stereocenters. The van der Waals surface area contributed by atoms with Gasteiger partial charge in [0.25, 0.3) is 0 Å². The second-order valence-electron chi connectivity index (χ2n) is 6.54. The zero-order chi connectivity index (χ0) is 14.0. The third-order valence-corrected chi connectivity index (χ3v) is 6.13. The molecule has 2 aromatic rings. The van der Waals surface area contributed by atoms with Gasteiger partial charge in [-0.1, -0.05) is 0 Å². The van der Waals surface area contributed by atoms with E-state index in [0.717, 1.165) is 23.2 Å². The summed E-state index contributed by atoms with van der Waals surface area (Å²) in [7, 11) is 0. The predicted octanol–water partition coefficient (Wildman–Crippen LogP) is 4.58. The summed E-state index contributed by atoms with van der Waals surface area (Å²) in [6.45, 7) is 2.51. The van der Waals surface area contributed by atoms with Crippen LogP contribution in [-0.4, -0.2) is 3.81 Å². The average molecular weight is 298 g/mol. The van der Waals surface area contributed by atoms with Crippen molar-refractivity contribution in [2.75, 3.05) is 0 Å². The molecule has 20 heavy (non-hydrogen) atoms. The first-order valence-corrected chi connectivity index (χ1v) is 8.42. The molecular formula is C19H22Ti. The van der Waals surface area contributed by atoms with Crippen molar-refractivity contribution >= 4 is 3.81 Å². The van der Waals surface area contributed by atoms with Gasteiger partial charge in [-0.2, -0.15) is 36.4 Å². The molecule has 0 saturated heterocycles. The molecule has 1 heteroatoms. The molecule has 0 spiro atoms. The van der Waals surface area contributed by atoms with Gasteiger partial charge >= 0.3 is 73.1 Å². The molecule has 0 aliphatic heterocycles. The van der Waals surface area contributed by atoms with E-state index in [1.165, 1.54) is 12.8 Å². The van der Waals surface area contributed by atoms with Crippen LogP contribution in [0.25, 0.3) is 0 Å². The van der Waals surface area contributed by atoms with Crippen LogP contribution in [0, 0.1) is 23.2 Å². The Morgan fingerprint density at radius 3 is 1.90 bits per heavy atom. The third-order valence-electron chi connectivity index (χ3n) is 5.13. The van der Waals surface area contributed by atoms with Gasteiger partial charge in [0.15, 0.2) is 0 Å². The molecule has 2 bridgehead atoms. The van der Waals surface area contributed by atoms with Crippen molar-refractivity contribution in [1.29, 1.82) is 0 Å². The Labute approximate surface area is 133 Å². The number of hydrogen-bond acceptors (Lipinski definition) is 0. The van der Waals surface area contributed by atoms with Gasteiger partial charge in [-0.15, -0.1) is 0 Å². The molecule has 0 radical (unpaired) electrons. The minimum absolute atomic E-state index is 0.777. The molecule has 4 unspecified atom stereocenters. The van der Waals surface area contributed by atoms with Crippen LogP contribution in [0.1, 0.15) is 26.2 Å². The molecule has 3 fully saturated rings. The molecule has 3 aliphatic rings. The van der Waals surface area contributed by atoms with E-state index >= 15 is 0 Å². The molecule has 2 aromatic carbocycles. The van der Waals surface area contributed by atoms with Gasteiger partial charge in [0.05, 0.1) is 0 Å². The second kappa shape index (κ2) is 5.96. The van der Waals surface area contributed by atoms with Crippen LogP contribution in [0.3, 0.4) is 0 Å². The van der Waals surface area contributed by atoms with Crippen molar-refractivity contribution < 1.29 is 20.0 Å². The molecule has 0 heterocycles. The third kappa shape index (κ3) is 2.82. The van der Waals surface area contributed by atoms with Crippen LogP contribution in [0.5, 0.6) is 0 Å². The maximum Gasteiger partial charge on any atom is -0.172 e. The quantitative estimate of drug-likeness (QED) is 0.493. The molecule has 0 aromatic heterocycles. The fourth-order valence-corrected chi connectivity index (χ4v) is 5.49. The summed E-state index contributed by atoms with van der Waals surface area (Å²) >= 11 is 2.38. The van der Waals surface area contributed by atoms with Crippen LogP contribution in [-0.2, 0) is 20.0 Å². The van der Waals surface area contributed by atoms with Crippen LogP contribution in [0.4, 0.5) is 0 Å². The van der Waals surface area contributed by atoms with E-state index < -0.39 is 0 Å². The molecule has 5 rings (SSSR count). The van der Waals surface area contributed by atoms with E-state index in [0.29, 0.717) is 0 Å². The monoisotopic (exact) mass is 298 g/mol. The Morgan fingerprint density at radius 1 is 1.05 bits per heavy atom. The minimum atomic E-state index is 0.777. The Hall–Kier alpha value is -0.716. The molecule has 3 saturated carbocycles. The maximum atomic E-state index is 2.51.